The minimum absolute atomic E-state index is 0.0848. The molecule has 1 atom stereocenters. The van der Waals surface area contributed by atoms with Gasteiger partial charge in [-0.3, -0.25) is 0 Å². The highest BCUT2D eigenvalue weighted by Crippen LogP contribution is 2.54. The Morgan fingerprint density at radius 1 is 0.556 bits per heavy atom. The summed E-state index contributed by atoms with van der Waals surface area (Å²) in [5.41, 5.74) is 16.9. The number of fused-ring (bicyclic) bond motifs is 10. The average molecular weight is 710 g/mol. The van der Waals surface area contributed by atoms with Crippen molar-refractivity contribution in [2.75, 3.05) is 0 Å². The largest absolute Gasteiger partial charge is 0.310 e. The first-order chi connectivity index (χ1) is 26.4. The molecule has 1 nitrogen and oxygen atoms in total. The van der Waals surface area contributed by atoms with Crippen LogP contribution in [0.15, 0.2) is 164 Å². The highest BCUT2D eigenvalue weighted by atomic mass is 32.1. The number of aromatic nitrogens is 1. The van der Waals surface area contributed by atoms with Gasteiger partial charge in [-0.15, -0.1) is 11.3 Å². The van der Waals surface area contributed by atoms with Crippen molar-refractivity contribution in [3.8, 4) is 39.1 Å². The van der Waals surface area contributed by atoms with Gasteiger partial charge in [0.15, 0.2) is 0 Å². The maximum absolute atomic E-state index is 2.46. The molecule has 1 unspecified atom stereocenters. The van der Waals surface area contributed by atoms with E-state index >= 15 is 0 Å². The number of rotatable bonds is 4. The Morgan fingerprint density at radius 3 is 2.06 bits per heavy atom. The van der Waals surface area contributed by atoms with E-state index in [0.29, 0.717) is 0 Å². The molecular formula is C52H39NS. The fourth-order valence-electron chi connectivity index (χ4n) is 9.65. The van der Waals surface area contributed by atoms with E-state index < -0.39 is 0 Å². The Hall–Kier alpha value is -5.96. The fourth-order valence-corrected chi connectivity index (χ4v) is 10.8. The number of allylic oxidation sites excluding steroid dienone is 1. The normalized spacial score (nSPS) is 16.9. The van der Waals surface area contributed by atoms with Crippen LogP contribution in [0.25, 0.3) is 76.2 Å². The zero-order chi connectivity index (χ0) is 36.2. The lowest BCUT2D eigenvalue weighted by Crippen LogP contribution is -2.25. The molecule has 0 radical (unpaired) electrons. The van der Waals surface area contributed by atoms with Crippen LogP contribution in [0.1, 0.15) is 48.7 Å². The lowest BCUT2D eigenvalue weighted by molar-refractivity contribution is 0.588. The maximum Gasteiger partial charge on any atom is 0.0538 e. The number of benzene rings is 7. The topological polar surface area (TPSA) is 4.93 Å². The molecule has 2 heteroatoms. The minimum Gasteiger partial charge on any atom is -0.310 e. The van der Waals surface area contributed by atoms with E-state index in [4.69, 9.17) is 0 Å². The van der Waals surface area contributed by atoms with Gasteiger partial charge in [0.25, 0.3) is 0 Å². The summed E-state index contributed by atoms with van der Waals surface area (Å²) in [5.74, 6) is 0. The Kier molecular flexibility index (Phi) is 6.73. The summed E-state index contributed by atoms with van der Waals surface area (Å²) in [7, 11) is 0. The third-order valence-electron chi connectivity index (χ3n) is 12.4. The first-order valence-electron chi connectivity index (χ1n) is 19.1. The summed E-state index contributed by atoms with van der Waals surface area (Å²) in [4.78, 5) is 0. The Labute approximate surface area is 320 Å². The molecule has 0 aliphatic heterocycles. The molecule has 54 heavy (non-hydrogen) atoms. The maximum atomic E-state index is 2.46. The summed E-state index contributed by atoms with van der Waals surface area (Å²) in [5, 5.41) is 4.13. The monoisotopic (exact) mass is 709 g/mol. The molecule has 0 saturated heterocycles. The lowest BCUT2D eigenvalue weighted by atomic mass is 9.73. The molecule has 2 aromatic heterocycles. The zero-order valence-electron chi connectivity index (χ0n) is 30.7. The second-order valence-corrected chi connectivity index (χ2v) is 17.1. The van der Waals surface area contributed by atoms with E-state index in [2.05, 4.69) is 195 Å². The van der Waals surface area contributed by atoms with Crippen LogP contribution in [0, 0.1) is 0 Å². The predicted octanol–water partition coefficient (Wildman–Crippen LogP) is 14.2. The van der Waals surface area contributed by atoms with Crippen molar-refractivity contribution in [1.29, 1.82) is 0 Å². The molecule has 11 rings (SSSR count). The van der Waals surface area contributed by atoms with E-state index in [1.807, 2.05) is 11.3 Å². The van der Waals surface area contributed by atoms with E-state index in [9.17, 15) is 0 Å². The molecule has 0 amide bonds. The van der Waals surface area contributed by atoms with Crippen molar-refractivity contribution < 1.29 is 0 Å². The van der Waals surface area contributed by atoms with Crippen LogP contribution in [0.3, 0.4) is 0 Å². The van der Waals surface area contributed by atoms with Gasteiger partial charge in [0, 0.05) is 47.8 Å². The van der Waals surface area contributed by atoms with Gasteiger partial charge in [-0.2, -0.15) is 0 Å². The first kappa shape index (κ1) is 31.6. The van der Waals surface area contributed by atoms with Gasteiger partial charge >= 0.3 is 0 Å². The minimum atomic E-state index is -0.131. The number of para-hydroxylation sites is 1. The van der Waals surface area contributed by atoms with Gasteiger partial charge in [0.2, 0.25) is 0 Å². The summed E-state index contributed by atoms with van der Waals surface area (Å²) in [6.07, 6.45) is 5.74. The van der Waals surface area contributed by atoms with Crippen molar-refractivity contribution in [3.63, 3.8) is 0 Å². The van der Waals surface area contributed by atoms with E-state index in [0.717, 1.165) is 6.42 Å². The van der Waals surface area contributed by atoms with E-state index in [-0.39, 0.29) is 10.8 Å². The van der Waals surface area contributed by atoms with Crippen molar-refractivity contribution >= 4 is 48.5 Å². The molecule has 0 N–H and O–H groups in total. The third kappa shape index (κ3) is 4.56. The van der Waals surface area contributed by atoms with Gasteiger partial charge < -0.3 is 4.57 Å². The molecule has 9 aromatic rings. The second kappa shape index (κ2) is 11.5. The molecule has 2 heterocycles. The second-order valence-electron chi connectivity index (χ2n) is 16.0. The average Bonchev–Trinajstić information content (AvgIpc) is 3.83. The van der Waals surface area contributed by atoms with Gasteiger partial charge in [0.05, 0.1) is 5.52 Å². The van der Waals surface area contributed by atoms with Crippen molar-refractivity contribution in [2.45, 2.75) is 38.0 Å². The van der Waals surface area contributed by atoms with Crippen LogP contribution in [0.2, 0.25) is 0 Å². The first-order valence-corrected chi connectivity index (χ1v) is 19.9. The van der Waals surface area contributed by atoms with Crippen LogP contribution < -0.4 is 0 Å². The van der Waals surface area contributed by atoms with Crippen molar-refractivity contribution in [1.82, 2.24) is 4.57 Å². The number of hydrogen-bond acceptors (Lipinski definition) is 1. The Balaban J connectivity index is 1.05. The Morgan fingerprint density at radius 2 is 1.24 bits per heavy atom. The van der Waals surface area contributed by atoms with Crippen LogP contribution in [0.5, 0.6) is 0 Å². The predicted molar refractivity (Wildman–Crippen MR) is 231 cm³/mol. The third-order valence-corrected chi connectivity index (χ3v) is 13.6. The van der Waals surface area contributed by atoms with Gasteiger partial charge in [-0.1, -0.05) is 142 Å². The standard InChI is InChI=1S/C52H39NS/c1-51(2)44-25-20-35(30-41(44)39-24-27-48-49(50(39)51)40-16-10-11-17-47(40)54-48)36-21-26-45-42(31-36)43-32-52(3,29-28-46(43)53(45)38-14-8-5-9-15-38)37-22-18-34(19-23-37)33-12-6-4-7-13-33/h4-31H,32H2,1-3H3. The molecule has 0 bridgehead atoms. The molecule has 0 saturated carbocycles. The smallest absolute Gasteiger partial charge is 0.0538 e. The van der Waals surface area contributed by atoms with E-state index in [1.165, 1.54) is 98.1 Å². The molecule has 7 aromatic carbocycles. The highest BCUT2D eigenvalue weighted by molar-refractivity contribution is 7.25. The summed E-state index contributed by atoms with van der Waals surface area (Å²) >= 11 is 1.91. The zero-order valence-corrected chi connectivity index (χ0v) is 31.5. The van der Waals surface area contributed by atoms with Crippen LogP contribution in [-0.4, -0.2) is 4.57 Å². The van der Waals surface area contributed by atoms with Crippen LogP contribution >= 0.6 is 11.3 Å². The Bertz CT molecular complexity index is 2980. The molecule has 2 aliphatic rings. The quantitative estimate of drug-likeness (QED) is 0.171. The van der Waals surface area contributed by atoms with Gasteiger partial charge in [0.1, 0.15) is 0 Å². The van der Waals surface area contributed by atoms with Crippen LogP contribution in [-0.2, 0) is 17.3 Å². The number of thiophene rings is 1. The van der Waals surface area contributed by atoms with Crippen molar-refractivity contribution in [3.05, 3.63) is 192 Å². The van der Waals surface area contributed by atoms with Gasteiger partial charge in [-0.05, 0) is 111 Å². The van der Waals surface area contributed by atoms with Crippen LogP contribution in [0.4, 0.5) is 0 Å². The lowest BCUT2D eigenvalue weighted by Gasteiger charge is -2.30. The molecule has 258 valence electrons. The van der Waals surface area contributed by atoms with E-state index in [1.54, 1.807) is 0 Å². The van der Waals surface area contributed by atoms with Gasteiger partial charge in [-0.25, -0.2) is 0 Å². The summed E-state index contributed by atoms with van der Waals surface area (Å²) in [6.45, 7) is 7.22. The summed E-state index contributed by atoms with van der Waals surface area (Å²) < 4.78 is 5.20. The molecule has 2 aliphatic carbocycles. The highest BCUT2D eigenvalue weighted by Gasteiger charge is 2.38. The molecule has 0 fully saturated rings. The number of nitrogens with zero attached hydrogens (tertiary/aromatic N) is 1. The molecular weight excluding hydrogens is 671 g/mol. The fraction of sp³-hybridized carbons (Fsp3) is 0.115. The SMILES string of the molecule is CC1(c2ccc(-c3ccccc3)cc2)C=Cc2c(c3cc(-c4ccc5c(c4)-c4ccc6sc7ccccc7c6c4C5(C)C)ccc3n2-c2ccccc2)C1. The molecule has 0 spiro atoms. The summed E-state index contributed by atoms with van der Waals surface area (Å²) in [6, 6.07) is 58.7. The number of hydrogen-bond donors (Lipinski definition) is 0. The van der Waals surface area contributed by atoms with Crippen molar-refractivity contribution in [2.24, 2.45) is 0 Å².